The molecule has 0 aliphatic rings. The van der Waals surface area contributed by atoms with Crippen LogP contribution in [-0.4, -0.2) is 24.8 Å². The fraction of sp³-hybridized carbons (Fsp3) is 0.188. The monoisotopic (exact) mass is 289 g/mol. The molecule has 0 heterocycles. The van der Waals surface area contributed by atoms with E-state index in [-0.39, 0.29) is 17.3 Å². The molecule has 0 aliphatic carbocycles. The molecule has 2 aromatic carbocycles. The first-order valence-electron chi connectivity index (χ1n) is 6.45. The molecule has 0 fully saturated rings. The minimum absolute atomic E-state index is 0.0307. The molecule has 0 saturated heterocycles. The third-order valence-corrected chi connectivity index (χ3v) is 3.08. The zero-order valence-electron chi connectivity index (χ0n) is 11.5. The van der Waals surface area contributed by atoms with E-state index in [0.717, 1.165) is 11.6 Å². The fourth-order valence-corrected chi connectivity index (χ4v) is 2.03. The van der Waals surface area contributed by atoms with Crippen LogP contribution in [0.2, 0.25) is 0 Å². The predicted octanol–water partition coefficient (Wildman–Crippen LogP) is 3.32. The number of rotatable bonds is 6. The van der Waals surface area contributed by atoms with Gasteiger partial charge >= 0.3 is 5.97 Å². The molecule has 4 nitrogen and oxygen atoms in total. The number of anilines is 1. The standard InChI is InChI=1S/C16H16FNO3/c1-21-10-15(11-5-3-2-4-6-11)18-14-9-12(16(19)20)7-8-13(14)17/h2-9,15,18H,10H2,1H3,(H,19,20). The van der Waals surface area contributed by atoms with Crippen LogP contribution in [0, 0.1) is 5.82 Å². The van der Waals surface area contributed by atoms with Crippen molar-refractivity contribution in [1.82, 2.24) is 0 Å². The van der Waals surface area contributed by atoms with Crippen LogP contribution in [0.1, 0.15) is 22.0 Å². The van der Waals surface area contributed by atoms with Crippen molar-refractivity contribution < 1.29 is 19.0 Å². The largest absolute Gasteiger partial charge is 0.478 e. The third-order valence-electron chi connectivity index (χ3n) is 3.08. The number of ether oxygens (including phenoxy) is 1. The molecule has 2 rings (SSSR count). The van der Waals surface area contributed by atoms with E-state index in [1.807, 2.05) is 30.3 Å². The number of carbonyl (C=O) groups is 1. The molecule has 0 amide bonds. The minimum Gasteiger partial charge on any atom is -0.478 e. The lowest BCUT2D eigenvalue weighted by atomic mass is 10.1. The summed E-state index contributed by atoms with van der Waals surface area (Å²) in [4.78, 5) is 11.0. The number of nitrogens with one attached hydrogen (secondary N) is 1. The Labute approximate surface area is 122 Å². The Morgan fingerprint density at radius 3 is 2.62 bits per heavy atom. The topological polar surface area (TPSA) is 58.6 Å². The summed E-state index contributed by atoms with van der Waals surface area (Å²) in [5, 5.41) is 12.0. The van der Waals surface area contributed by atoms with Gasteiger partial charge in [0.25, 0.3) is 0 Å². The molecule has 21 heavy (non-hydrogen) atoms. The van der Waals surface area contributed by atoms with Gasteiger partial charge in [0.2, 0.25) is 0 Å². The van der Waals surface area contributed by atoms with Gasteiger partial charge in [-0.15, -0.1) is 0 Å². The second-order valence-electron chi connectivity index (χ2n) is 4.56. The van der Waals surface area contributed by atoms with E-state index in [1.54, 1.807) is 7.11 Å². The molecule has 2 aromatic rings. The van der Waals surface area contributed by atoms with Crippen LogP contribution in [0.3, 0.4) is 0 Å². The highest BCUT2D eigenvalue weighted by atomic mass is 19.1. The number of carboxylic acid groups (broad SMARTS) is 1. The maximum atomic E-state index is 13.9. The SMILES string of the molecule is COCC(Nc1cc(C(=O)O)ccc1F)c1ccccc1. The Kier molecular flexibility index (Phi) is 4.90. The highest BCUT2D eigenvalue weighted by molar-refractivity contribution is 5.88. The number of benzene rings is 2. The quantitative estimate of drug-likeness (QED) is 0.856. The van der Waals surface area contributed by atoms with Crippen molar-refractivity contribution in [2.45, 2.75) is 6.04 Å². The van der Waals surface area contributed by atoms with Crippen LogP contribution >= 0.6 is 0 Å². The average molecular weight is 289 g/mol. The molecule has 2 N–H and O–H groups in total. The molecule has 0 aromatic heterocycles. The molecule has 1 unspecified atom stereocenters. The van der Waals surface area contributed by atoms with E-state index in [0.29, 0.717) is 6.61 Å². The van der Waals surface area contributed by atoms with E-state index in [2.05, 4.69) is 5.32 Å². The highest BCUT2D eigenvalue weighted by Crippen LogP contribution is 2.23. The van der Waals surface area contributed by atoms with E-state index < -0.39 is 11.8 Å². The lowest BCUT2D eigenvalue weighted by Crippen LogP contribution is -2.17. The number of hydrogen-bond acceptors (Lipinski definition) is 3. The van der Waals surface area contributed by atoms with Crippen molar-refractivity contribution in [3.05, 3.63) is 65.5 Å². The summed E-state index contributed by atoms with van der Waals surface area (Å²) in [5.41, 5.74) is 1.10. The molecule has 1 atom stereocenters. The summed E-state index contributed by atoms with van der Waals surface area (Å²) in [6.45, 7) is 0.334. The zero-order chi connectivity index (χ0) is 15.2. The smallest absolute Gasteiger partial charge is 0.335 e. The lowest BCUT2D eigenvalue weighted by molar-refractivity contribution is 0.0697. The van der Waals surface area contributed by atoms with Gasteiger partial charge in [-0.3, -0.25) is 0 Å². The van der Waals surface area contributed by atoms with E-state index >= 15 is 0 Å². The molecular formula is C16H16FNO3. The molecule has 0 aliphatic heterocycles. The van der Waals surface area contributed by atoms with Crippen LogP contribution in [-0.2, 0) is 4.74 Å². The maximum Gasteiger partial charge on any atom is 0.335 e. The average Bonchev–Trinajstić information content (AvgIpc) is 2.49. The Hall–Kier alpha value is -2.40. The molecule has 110 valence electrons. The van der Waals surface area contributed by atoms with E-state index in [4.69, 9.17) is 9.84 Å². The van der Waals surface area contributed by atoms with Crippen LogP contribution in [0.15, 0.2) is 48.5 Å². The third kappa shape index (κ3) is 3.79. The predicted molar refractivity (Wildman–Crippen MR) is 78.0 cm³/mol. The summed E-state index contributed by atoms with van der Waals surface area (Å²) in [5.74, 6) is -1.60. The Morgan fingerprint density at radius 2 is 2.00 bits per heavy atom. The molecular weight excluding hydrogens is 273 g/mol. The number of hydrogen-bond donors (Lipinski definition) is 2. The van der Waals surface area contributed by atoms with Crippen molar-refractivity contribution in [2.75, 3.05) is 19.0 Å². The van der Waals surface area contributed by atoms with E-state index in [1.165, 1.54) is 12.1 Å². The first kappa shape index (κ1) is 15.0. The van der Waals surface area contributed by atoms with Gasteiger partial charge in [0, 0.05) is 7.11 Å². The van der Waals surface area contributed by atoms with Crippen LogP contribution < -0.4 is 5.32 Å². The number of aromatic carboxylic acids is 1. The summed E-state index contributed by atoms with van der Waals surface area (Å²) in [6, 6.07) is 12.8. The van der Waals surface area contributed by atoms with Crippen molar-refractivity contribution >= 4 is 11.7 Å². The van der Waals surface area contributed by atoms with Gasteiger partial charge in [0.1, 0.15) is 5.82 Å². The molecule has 0 spiro atoms. The molecule has 0 bridgehead atoms. The lowest BCUT2D eigenvalue weighted by Gasteiger charge is -2.20. The van der Waals surface area contributed by atoms with Gasteiger partial charge in [-0.2, -0.15) is 0 Å². The highest BCUT2D eigenvalue weighted by Gasteiger charge is 2.15. The van der Waals surface area contributed by atoms with Crippen molar-refractivity contribution in [2.24, 2.45) is 0 Å². The summed E-state index contributed by atoms with van der Waals surface area (Å²) in [6.07, 6.45) is 0. The molecule has 5 heteroatoms. The Morgan fingerprint density at radius 1 is 1.29 bits per heavy atom. The normalized spacial score (nSPS) is 11.9. The minimum atomic E-state index is -1.10. The van der Waals surface area contributed by atoms with Crippen molar-refractivity contribution in [3.63, 3.8) is 0 Å². The summed E-state index contributed by atoms with van der Waals surface area (Å²) >= 11 is 0. The Balaban J connectivity index is 2.28. The first-order valence-corrected chi connectivity index (χ1v) is 6.45. The summed E-state index contributed by atoms with van der Waals surface area (Å²) in [7, 11) is 1.56. The first-order chi connectivity index (χ1) is 10.1. The van der Waals surface area contributed by atoms with Gasteiger partial charge in [-0.05, 0) is 23.8 Å². The molecule has 0 radical (unpaired) electrons. The Bertz CT molecular complexity index is 616. The van der Waals surface area contributed by atoms with Crippen molar-refractivity contribution in [3.8, 4) is 0 Å². The van der Waals surface area contributed by atoms with Crippen LogP contribution in [0.5, 0.6) is 0 Å². The van der Waals surface area contributed by atoms with E-state index in [9.17, 15) is 9.18 Å². The second-order valence-corrected chi connectivity index (χ2v) is 4.56. The van der Waals surface area contributed by atoms with Crippen LogP contribution in [0.4, 0.5) is 10.1 Å². The van der Waals surface area contributed by atoms with Crippen molar-refractivity contribution in [1.29, 1.82) is 0 Å². The van der Waals surface area contributed by atoms with Gasteiger partial charge in [-0.25, -0.2) is 9.18 Å². The van der Waals surface area contributed by atoms with Gasteiger partial charge in [0.05, 0.1) is 23.9 Å². The maximum absolute atomic E-state index is 13.9. The fourth-order valence-electron chi connectivity index (χ4n) is 2.03. The van der Waals surface area contributed by atoms with Gasteiger partial charge in [-0.1, -0.05) is 30.3 Å². The van der Waals surface area contributed by atoms with Gasteiger partial charge in [0.15, 0.2) is 0 Å². The van der Waals surface area contributed by atoms with Crippen LogP contribution in [0.25, 0.3) is 0 Å². The van der Waals surface area contributed by atoms with Gasteiger partial charge < -0.3 is 15.2 Å². The zero-order valence-corrected chi connectivity index (χ0v) is 11.5. The molecule has 0 saturated carbocycles. The number of methoxy groups -OCH3 is 1. The summed E-state index contributed by atoms with van der Waals surface area (Å²) < 4.78 is 19.0. The number of carboxylic acids is 1. The second kappa shape index (κ2) is 6.85. The number of halogens is 1.